The van der Waals surface area contributed by atoms with Crippen LogP contribution >= 0.6 is 45.2 Å². The molecule has 0 radical (unpaired) electrons. The van der Waals surface area contributed by atoms with E-state index >= 15 is 0 Å². The van der Waals surface area contributed by atoms with Crippen molar-refractivity contribution in [1.82, 2.24) is 0 Å². The zero-order valence-corrected chi connectivity index (χ0v) is 15.2. The second kappa shape index (κ2) is 6.79. The normalized spacial score (nSPS) is 13.0. The molecule has 0 spiro atoms. The van der Waals surface area contributed by atoms with Crippen LogP contribution in [-0.2, 0) is 0 Å². The van der Waals surface area contributed by atoms with E-state index in [1.54, 1.807) is 12.1 Å². The van der Waals surface area contributed by atoms with E-state index in [0.717, 1.165) is 5.56 Å². The molecule has 2 aromatic carbocycles. The zero-order chi connectivity index (χ0) is 16.5. The highest BCUT2D eigenvalue weighted by Crippen LogP contribution is 2.32. The van der Waals surface area contributed by atoms with E-state index < -0.39 is 12.4 Å². The molecule has 3 nitrogen and oxygen atoms in total. The number of aromatic hydroxyl groups is 1. The number of nitrogens with two attached hydrogens (primary N) is 1. The van der Waals surface area contributed by atoms with Gasteiger partial charge < -0.3 is 15.6 Å². The Kier molecular flexibility index (Phi) is 5.43. The van der Waals surface area contributed by atoms with Crippen LogP contribution in [0.3, 0.4) is 0 Å². The van der Waals surface area contributed by atoms with Gasteiger partial charge in [0.05, 0.1) is 13.2 Å². The first-order valence-electron chi connectivity index (χ1n) is 5.96. The number of alkyl halides is 3. The third kappa shape index (κ3) is 4.38. The number of halogens is 5. The number of benzene rings is 2. The Morgan fingerprint density at radius 1 is 1.00 bits per heavy atom. The summed E-state index contributed by atoms with van der Waals surface area (Å²) in [5.74, 6) is -0.107. The van der Waals surface area contributed by atoms with Gasteiger partial charge in [0.2, 0.25) is 0 Å². The SMILES string of the molecule is N[C@H](c1ccc(OC(F)(F)F)cc1)c1cc(I)c(O)c(I)c1. The number of phenolic OH excluding ortho intramolecular Hbond substituents is 1. The van der Waals surface area contributed by atoms with Crippen LogP contribution in [0.5, 0.6) is 11.5 Å². The van der Waals surface area contributed by atoms with E-state index in [4.69, 9.17) is 5.73 Å². The van der Waals surface area contributed by atoms with Crippen molar-refractivity contribution in [1.29, 1.82) is 0 Å². The van der Waals surface area contributed by atoms with Gasteiger partial charge in [-0.1, -0.05) is 12.1 Å². The lowest BCUT2D eigenvalue weighted by Gasteiger charge is -2.15. The predicted octanol–water partition coefficient (Wildman–Crippen LogP) is 4.55. The Bertz CT molecular complexity index is 652. The van der Waals surface area contributed by atoms with Crippen molar-refractivity contribution in [2.75, 3.05) is 0 Å². The molecule has 0 fully saturated rings. The Balaban J connectivity index is 2.25. The van der Waals surface area contributed by atoms with Gasteiger partial charge in [-0.2, -0.15) is 0 Å². The first kappa shape index (κ1) is 17.6. The van der Waals surface area contributed by atoms with Crippen LogP contribution in [-0.4, -0.2) is 11.5 Å². The third-order valence-electron chi connectivity index (χ3n) is 2.87. The van der Waals surface area contributed by atoms with E-state index in [1.807, 2.05) is 45.2 Å². The van der Waals surface area contributed by atoms with Gasteiger partial charge in [0, 0.05) is 0 Å². The van der Waals surface area contributed by atoms with Crippen LogP contribution in [0.2, 0.25) is 0 Å². The Hall–Kier alpha value is -0.750. The smallest absolute Gasteiger partial charge is 0.506 e. The van der Waals surface area contributed by atoms with Gasteiger partial charge in [-0.3, -0.25) is 0 Å². The molecule has 0 aliphatic carbocycles. The minimum atomic E-state index is -4.72. The molecule has 0 aliphatic rings. The molecule has 8 heteroatoms. The van der Waals surface area contributed by atoms with Crippen LogP contribution in [0.15, 0.2) is 36.4 Å². The van der Waals surface area contributed by atoms with Crippen LogP contribution in [0, 0.1) is 7.14 Å². The highest BCUT2D eigenvalue weighted by Gasteiger charge is 2.31. The van der Waals surface area contributed by atoms with Crippen molar-refractivity contribution in [3.05, 3.63) is 54.7 Å². The summed E-state index contributed by atoms with van der Waals surface area (Å²) in [4.78, 5) is 0. The molecule has 0 aliphatic heterocycles. The second-order valence-corrected chi connectivity index (χ2v) is 6.75. The van der Waals surface area contributed by atoms with Crippen molar-refractivity contribution >= 4 is 45.2 Å². The molecule has 2 rings (SSSR count). The quantitative estimate of drug-likeness (QED) is 0.568. The fourth-order valence-corrected chi connectivity index (χ4v) is 3.65. The summed E-state index contributed by atoms with van der Waals surface area (Å²) < 4.78 is 41.5. The Morgan fingerprint density at radius 3 is 1.95 bits per heavy atom. The fraction of sp³-hybridized carbons (Fsp3) is 0.143. The lowest BCUT2D eigenvalue weighted by atomic mass is 9.99. The third-order valence-corrected chi connectivity index (χ3v) is 4.52. The van der Waals surface area contributed by atoms with Crippen LogP contribution in [0.4, 0.5) is 13.2 Å². The molecule has 118 valence electrons. The maximum Gasteiger partial charge on any atom is 0.573 e. The second-order valence-electron chi connectivity index (χ2n) is 4.43. The van der Waals surface area contributed by atoms with E-state index in [2.05, 4.69) is 4.74 Å². The average Bonchev–Trinajstić information content (AvgIpc) is 2.42. The molecule has 22 heavy (non-hydrogen) atoms. The molecule has 0 amide bonds. The molecule has 0 heterocycles. The van der Waals surface area contributed by atoms with Gasteiger partial charge in [-0.25, -0.2) is 0 Å². The molecular formula is C14H10F3I2NO2. The van der Waals surface area contributed by atoms with Crippen LogP contribution in [0.25, 0.3) is 0 Å². The summed E-state index contributed by atoms with van der Waals surface area (Å²) in [7, 11) is 0. The summed E-state index contributed by atoms with van der Waals surface area (Å²) in [6, 6.07) is 8.38. The van der Waals surface area contributed by atoms with Gasteiger partial charge in [-0.15, -0.1) is 13.2 Å². The standard InChI is InChI=1S/C14H10F3I2NO2/c15-14(16,17)22-9-3-1-7(2-4-9)12(20)8-5-10(18)13(21)11(19)6-8/h1-6,12,21H,20H2/t12-/m1/s1. The molecule has 0 saturated carbocycles. The van der Waals surface area contributed by atoms with Gasteiger partial charge in [-0.05, 0) is 80.6 Å². The number of phenols is 1. The first-order valence-corrected chi connectivity index (χ1v) is 8.12. The van der Waals surface area contributed by atoms with Gasteiger partial charge in [0.1, 0.15) is 11.5 Å². The monoisotopic (exact) mass is 535 g/mol. The van der Waals surface area contributed by atoms with Crippen molar-refractivity contribution in [2.45, 2.75) is 12.4 Å². The number of hydrogen-bond donors (Lipinski definition) is 2. The van der Waals surface area contributed by atoms with Gasteiger partial charge in [0.15, 0.2) is 0 Å². The molecule has 2 aromatic rings. The minimum Gasteiger partial charge on any atom is -0.506 e. The summed E-state index contributed by atoms with van der Waals surface area (Å²) in [5, 5.41) is 9.75. The van der Waals surface area contributed by atoms with Crippen molar-refractivity contribution in [3.63, 3.8) is 0 Å². The molecule has 3 N–H and O–H groups in total. The lowest BCUT2D eigenvalue weighted by molar-refractivity contribution is -0.274. The van der Waals surface area contributed by atoms with Crippen molar-refractivity contribution < 1.29 is 23.0 Å². The summed E-state index contributed by atoms with van der Waals surface area (Å²) >= 11 is 3.99. The maximum absolute atomic E-state index is 12.1. The summed E-state index contributed by atoms with van der Waals surface area (Å²) in [6.45, 7) is 0. The fourth-order valence-electron chi connectivity index (χ4n) is 1.83. The van der Waals surface area contributed by atoms with E-state index in [1.165, 1.54) is 24.3 Å². The largest absolute Gasteiger partial charge is 0.573 e. The molecule has 0 aromatic heterocycles. The lowest BCUT2D eigenvalue weighted by Crippen LogP contribution is -2.17. The van der Waals surface area contributed by atoms with Crippen molar-refractivity contribution in [2.24, 2.45) is 5.73 Å². The highest BCUT2D eigenvalue weighted by molar-refractivity contribution is 14.1. The molecule has 0 unspecified atom stereocenters. The van der Waals surface area contributed by atoms with E-state index in [0.29, 0.717) is 12.7 Å². The Labute approximate surface area is 151 Å². The maximum atomic E-state index is 12.1. The minimum absolute atomic E-state index is 0.186. The molecule has 1 atom stereocenters. The van der Waals surface area contributed by atoms with E-state index in [-0.39, 0.29) is 11.5 Å². The number of rotatable bonds is 3. The van der Waals surface area contributed by atoms with E-state index in [9.17, 15) is 18.3 Å². The Morgan fingerprint density at radius 2 is 1.50 bits per heavy atom. The summed E-state index contributed by atoms with van der Waals surface area (Å²) in [6.07, 6.45) is -4.72. The highest BCUT2D eigenvalue weighted by atomic mass is 127. The zero-order valence-electron chi connectivity index (χ0n) is 10.9. The number of ether oxygens (including phenoxy) is 1. The molecule has 0 saturated heterocycles. The summed E-state index contributed by atoms with van der Waals surface area (Å²) in [5.41, 5.74) is 7.54. The first-order chi connectivity index (χ1) is 10.2. The van der Waals surface area contributed by atoms with Crippen LogP contribution < -0.4 is 10.5 Å². The molecule has 0 bridgehead atoms. The topological polar surface area (TPSA) is 55.5 Å². The predicted molar refractivity (Wildman–Crippen MR) is 92.7 cm³/mol. The van der Waals surface area contributed by atoms with Crippen molar-refractivity contribution in [3.8, 4) is 11.5 Å². The van der Waals surface area contributed by atoms with Gasteiger partial charge in [0.25, 0.3) is 0 Å². The average molecular weight is 535 g/mol. The van der Waals surface area contributed by atoms with Gasteiger partial charge >= 0.3 is 6.36 Å². The molecular weight excluding hydrogens is 525 g/mol. The van der Waals surface area contributed by atoms with Crippen LogP contribution in [0.1, 0.15) is 17.2 Å². The number of hydrogen-bond acceptors (Lipinski definition) is 3.